The number of alkyl carbamates (subject to hydrolysis) is 1. The number of halogens is 5. The van der Waals surface area contributed by atoms with Crippen LogP contribution >= 0.6 is 58.8 Å². The fourth-order valence-corrected chi connectivity index (χ4v) is 2.73. The summed E-state index contributed by atoms with van der Waals surface area (Å²) in [6, 6.07) is 3.50. The van der Waals surface area contributed by atoms with Crippen molar-refractivity contribution in [3.63, 3.8) is 0 Å². The molecule has 1 rings (SSSR count). The van der Waals surface area contributed by atoms with Crippen molar-refractivity contribution in [3.8, 4) is 12.1 Å². The predicted molar refractivity (Wildman–Crippen MR) is 116 cm³/mol. The maximum absolute atomic E-state index is 10.9. The summed E-state index contributed by atoms with van der Waals surface area (Å²) in [4.78, 5) is 13.0. The Kier molecular flexibility index (Phi) is 16.4. The molecule has 0 aliphatic heterocycles. The topological polar surface area (TPSA) is 89.2 Å². The number of amides is 1. The van der Waals surface area contributed by atoms with Crippen molar-refractivity contribution >= 4 is 64.9 Å². The lowest BCUT2D eigenvalue weighted by molar-refractivity contribution is 0.146. The molecule has 0 saturated carbocycles. The molecule has 0 bridgehead atoms. The Bertz CT molecular complexity index is 689. The van der Waals surface area contributed by atoms with Crippen LogP contribution in [0, 0.1) is 22.7 Å². The van der Waals surface area contributed by atoms with Gasteiger partial charge in [0.1, 0.15) is 12.1 Å². The number of nitrogens with zero attached hydrogens (tertiary/aromatic N) is 3. The largest absolute Gasteiger partial charge is 0.450 e. The van der Waals surface area contributed by atoms with Crippen LogP contribution in [0.1, 0.15) is 30.9 Å². The minimum Gasteiger partial charge on any atom is -0.450 e. The number of carbonyl (C=O) groups excluding carboxylic acids is 1. The van der Waals surface area contributed by atoms with Crippen molar-refractivity contribution < 1.29 is 9.53 Å². The Hall–Kier alpha value is -1.12. The molecule has 0 spiro atoms. The highest BCUT2D eigenvalue weighted by atomic mass is 35.5. The molecule has 0 aliphatic carbocycles. The first-order valence-corrected chi connectivity index (χ1v) is 9.43. The van der Waals surface area contributed by atoms with Gasteiger partial charge in [0.05, 0.1) is 37.8 Å². The van der Waals surface area contributed by atoms with Gasteiger partial charge in [-0.15, -0.1) is 12.4 Å². The first kappa shape index (κ1) is 29.1. The summed E-state index contributed by atoms with van der Waals surface area (Å²) in [6.07, 6.45) is 1.51. The Morgan fingerprint density at radius 3 is 1.93 bits per heavy atom. The first-order valence-electron chi connectivity index (χ1n) is 7.92. The zero-order valence-electron chi connectivity index (χ0n) is 15.6. The average molecular weight is 491 g/mol. The molecular formula is C17H21Cl5N4O2. The third-order valence-electron chi connectivity index (χ3n) is 2.98. The van der Waals surface area contributed by atoms with Gasteiger partial charge in [-0.2, -0.15) is 10.5 Å². The lowest BCUT2D eigenvalue weighted by Crippen LogP contribution is -2.27. The number of hydrogen-bond acceptors (Lipinski definition) is 5. The molecule has 0 unspecified atom stereocenters. The SMILES string of the molecule is CCCOC(=O)NCCCN(C)C.Cl.N#Cc1c(Cl)c(Cl)c(Cl)c(C#N)c1Cl. The Labute approximate surface area is 191 Å². The standard InChI is InChI=1S/C9H20N2O2.C8Cl4N2.ClH/c1-4-8-13-9(12)10-6-5-7-11(2)3;9-5-3(1-13)6(10)8(12)7(11)4(5)2-14;/h4-8H2,1-3H3,(H,10,12);;1H. The lowest BCUT2D eigenvalue weighted by Gasteiger charge is -2.09. The predicted octanol–water partition coefficient (Wildman–Crippen LogP) is 5.54. The van der Waals surface area contributed by atoms with Gasteiger partial charge in [0.15, 0.2) is 0 Å². The fraction of sp³-hybridized carbons (Fsp3) is 0.471. The van der Waals surface area contributed by atoms with Crippen LogP contribution in [0.5, 0.6) is 0 Å². The van der Waals surface area contributed by atoms with Gasteiger partial charge in [0, 0.05) is 6.54 Å². The molecule has 0 heterocycles. The summed E-state index contributed by atoms with van der Waals surface area (Å²) in [5.74, 6) is 0. The smallest absolute Gasteiger partial charge is 0.407 e. The van der Waals surface area contributed by atoms with Gasteiger partial charge < -0.3 is 15.0 Å². The van der Waals surface area contributed by atoms with Crippen molar-refractivity contribution in [3.05, 3.63) is 31.2 Å². The highest BCUT2D eigenvalue weighted by Crippen LogP contribution is 2.40. The Morgan fingerprint density at radius 2 is 1.54 bits per heavy atom. The number of carbonyl (C=O) groups is 1. The van der Waals surface area contributed by atoms with E-state index in [2.05, 4.69) is 10.2 Å². The fourth-order valence-electron chi connectivity index (χ4n) is 1.66. The van der Waals surface area contributed by atoms with Crippen molar-refractivity contribution in [2.24, 2.45) is 0 Å². The summed E-state index contributed by atoms with van der Waals surface area (Å²) in [7, 11) is 4.02. The molecule has 0 atom stereocenters. The van der Waals surface area contributed by atoms with Gasteiger partial charge in [-0.1, -0.05) is 53.3 Å². The molecule has 0 fully saturated rings. The number of ether oxygens (including phenoxy) is 1. The third kappa shape index (κ3) is 9.89. The summed E-state index contributed by atoms with van der Waals surface area (Å²) in [6.45, 7) is 4.13. The van der Waals surface area contributed by atoms with Crippen LogP contribution in [-0.4, -0.2) is 44.8 Å². The monoisotopic (exact) mass is 488 g/mol. The molecule has 1 aromatic carbocycles. The summed E-state index contributed by atoms with van der Waals surface area (Å²) < 4.78 is 4.83. The van der Waals surface area contributed by atoms with Crippen molar-refractivity contribution in [2.75, 3.05) is 33.8 Å². The number of nitriles is 2. The van der Waals surface area contributed by atoms with Crippen LogP contribution in [0.2, 0.25) is 20.1 Å². The maximum Gasteiger partial charge on any atom is 0.407 e. The number of rotatable bonds is 6. The van der Waals surface area contributed by atoms with Crippen LogP contribution in [-0.2, 0) is 4.74 Å². The van der Waals surface area contributed by atoms with E-state index in [0.717, 1.165) is 19.4 Å². The van der Waals surface area contributed by atoms with E-state index in [4.69, 9.17) is 61.7 Å². The zero-order valence-corrected chi connectivity index (χ0v) is 19.5. The van der Waals surface area contributed by atoms with Gasteiger partial charge in [0.2, 0.25) is 0 Å². The molecule has 1 N–H and O–H groups in total. The van der Waals surface area contributed by atoms with Crippen LogP contribution < -0.4 is 5.32 Å². The van der Waals surface area contributed by atoms with E-state index in [1.54, 1.807) is 12.1 Å². The van der Waals surface area contributed by atoms with E-state index in [1.807, 2.05) is 21.0 Å². The van der Waals surface area contributed by atoms with Gasteiger partial charge in [-0.3, -0.25) is 0 Å². The Morgan fingerprint density at radius 1 is 1.04 bits per heavy atom. The van der Waals surface area contributed by atoms with E-state index in [1.165, 1.54) is 0 Å². The molecule has 0 saturated heterocycles. The lowest BCUT2D eigenvalue weighted by atomic mass is 10.1. The highest BCUT2D eigenvalue weighted by molar-refractivity contribution is 6.50. The summed E-state index contributed by atoms with van der Waals surface area (Å²) in [5, 5.41) is 19.9. The van der Waals surface area contributed by atoms with E-state index in [-0.39, 0.29) is 49.7 Å². The Balaban J connectivity index is 0. The maximum atomic E-state index is 10.9. The van der Waals surface area contributed by atoms with Crippen LogP contribution in [0.4, 0.5) is 4.79 Å². The number of hydrogen-bond donors (Lipinski definition) is 1. The molecule has 28 heavy (non-hydrogen) atoms. The van der Waals surface area contributed by atoms with Crippen molar-refractivity contribution in [1.82, 2.24) is 10.2 Å². The molecule has 0 aliphatic rings. The van der Waals surface area contributed by atoms with Crippen LogP contribution in [0.3, 0.4) is 0 Å². The molecular weight excluding hydrogens is 469 g/mol. The van der Waals surface area contributed by atoms with Gasteiger partial charge >= 0.3 is 6.09 Å². The second-order valence-electron chi connectivity index (χ2n) is 5.45. The summed E-state index contributed by atoms with van der Waals surface area (Å²) >= 11 is 22.8. The van der Waals surface area contributed by atoms with Crippen LogP contribution in [0.25, 0.3) is 0 Å². The molecule has 11 heteroatoms. The highest BCUT2D eigenvalue weighted by Gasteiger charge is 2.19. The molecule has 0 radical (unpaired) electrons. The molecule has 1 amide bonds. The molecule has 156 valence electrons. The molecule has 6 nitrogen and oxygen atoms in total. The second kappa shape index (κ2) is 15.8. The first-order chi connectivity index (χ1) is 12.7. The summed E-state index contributed by atoms with van der Waals surface area (Å²) in [5.41, 5.74) is -0.0847. The van der Waals surface area contributed by atoms with Crippen molar-refractivity contribution in [2.45, 2.75) is 19.8 Å². The third-order valence-corrected chi connectivity index (χ3v) is 4.68. The van der Waals surface area contributed by atoms with Gasteiger partial charge in [-0.25, -0.2) is 4.79 Å². The van der Waals surface area contributed by atoms with Crippen LogP contribution in [0.15, 0.2) is 0 Å². The van der Waals surface area contributed by atoms with E-state index in [0.29, 0.717) is 13.2 Å². The quantitative estimate of drug-likeness (QED) is 0.321. The second-order valence-corrected chi connectivity index (χ2v) is 6.96. The number of nitrogens with one attached hydrogen (secondary N) is 1. The van der Waals surface area contributed by atoms with E-state index in [9.17, 15) is 4.79 Å². The average Bonchev–Trinajstić information content (AvgIpc) is 2.63. The van der Waals surface area contributed by atoms with E-state index < -0.39 is 0 Å². The van der Waals surface area contributed by atoms with Gasteiger partial charge in [-0.05, 0) is 33.5 Å². The van der Waals surface area contributed by atoms with E-state index >= 15 is 0 Å². The molecule has 0 aromatic heterocycles. The zero-order chi connectivity index (χ0) is 21.0. The minimum atomic E-state index is -0.305. The number of benzene rings is 1. The minimum absolute atomic E-state index is 0. The molecule has 1 aromatic rings. The normalized spacial score (nSPS) is 9.36. The van der Waals surface area contributed by atoms with Crippen molar-refractivity contribution in [1.29, 1.82) is 10.5 Å². The van der Waals surface area contributed by atoms with Gasteiger partial charge in [0.25, 0.3) is 0 Å².